The van der Waals surface area contributed by atoms with Crippen molar-refractivity contribution in [3.05, 3.63) is 23.2 Å². The Kier molecular flexibility index (Phi) is 1.85. The van der Waals surface area contributed by atoms with Crippen molar-refractivity contribution < 1.29 is 9.94 Å². The number of methoxy groups -OCH3 is 1. The molecule has 60 valence electrons. The van der Waals surface area contributed by atoms with Crippen LogP contribution in [0, 0.1) is 12.3 Å². The molecule has 0 atom stereocenters. The minimum atomic E-state index is 0.303. The largest absolute Gasteiger partial charge is 0.480 e. The second-order valence-corrected chi connectivity index (χ2v) is 2.21. The fourth-order valence-electron chi connectivity index (χ4n) is 0.871. The lowest BCUT2D eigenvalue weighted by Gasteiger charge is -2.07. The average molecular weight is 154 g/mol. The molecule has 4 heteroatoms. The molecule has 2 N–H and O–H groups in total. The molecule has 0 aliphatic carbocycles. The Morgan fingerprint density at radius 1 is 1.64 bits per heavy atom. The molecule has 0 aliphatic heterocycles. The van der Waals surface area contributed by atoms with Gasteiger partial charge in [-0.3, -0.25) is 0 Å². The van der Waals surface area contributed by atoms with Crippen molar-refractivity contribution in [3.8, 4) is 5.88 Å². The SMILES string of the molecule is COc1c(C)c(=N)ccn1O. The first-order valence-corrected chi connectivity index (χ1v) is 3.17. The fourth-order valence-corrected chi connectivity index (χ4v) is 0.871. The fraction of sp³-hybridized carbons (Fsp3) is 0.286. The van der Waals surface area contributed by atoms with Crippen molar-refractivity contribution in [2.24, 2.45) is 0 Å². The van der Waals surface area contributed by atoms with E-state index < -0.39 is 0 Å². The van der Waals surface area contributed by atoms with E-state index in [1.54, 1.807) is 6.92 Å². The van der Waals surface area contributed by atoms with Crippen LogP contribution in [0.15, 0.2) is 12.3 Å². The van der Waals surface area contributed by atoms with E-state index in [1.807, 2.05) is 0 Å². The van der Waals surface area contributed by atoms with Crippen molar-refractivity contribution in [2.45, 2.75) is 6.92 Å². The van der Waals surface area contributed by atoms with Gasteiger partial charge in [-0.15, -0.1) is 0 Å². The van der Waals surface area contributed by atoms with Gasteiger partial charge >= 0.3 is 0 Å². The van der Waals surface area contributed by atoms with Crippen LogP contribution in [-0.4, -0.2) is 17.0 Å². The molecule has 0 radical (unpaired) electrons. The van der Waals surface area contributed by atoms with Crippen molar-refractivity contribution >= 4 is 0 Å². The number of hydrogen-bond acceptors (Lipinski definition) is 3. The molecule has 0 saturated heterocycles. The second kappa shape index (κ2) is 2.65. The van der Waals surface area contributed by atoms with Crippen molar-refractivity contribution in [1.82, 2.24) is 4.73 Å². The summed E-state index contributed by atoms with van der Waals surface area (Å²) in [6, 6.07) is 1.50. The third kappa shape index (κ3) is 1.19. The summed E-state index contributed by atoms with van der Waals surface area (Å²) < 4.78 is 5.70. The Balaban J connectivity index is 3.41. The quantitative estimate of drug-likeness (QED) is 0.579. The number of pyridine rings is 1. The van der Waals surface area contributed by atoms with Crippen LogP contribution in [0.1, 0.15) is 5.56 Å². The number of nitrogens with one attached hydrogen (secondary N) is 1. The van der Waals surface area contributed by atoms with E-state index in [-0.39, 0.29) is 0 Å². The van der Waals surface area contributed by atoms with Gasteiger partial charge < -0.3 is 15.4 Å². The highest BCUT2D eigenvalue weighted by atomic mass is 16.5. The van der Waals surface area contributed by atoms with Gasteiger partial charge in [-0.1, -0.05) is 0 Å². The maximum absolute atomic E-state index is 9.12. The number of rotatable bonds is 1. The Morgan fingerprint density at radius 3 is 2.73 bits per heavy atom. The van der Waals surface area contributed by atoms with Gasteiger partial charge in [0.15, 0.2) is 0 Å². The van der Waals surface area contributed by atoms with Gasteiger partial charge in [-0.2, -0.15) is 4.73 Å². The van der Waals surface area contributed by atoms with Gasteiger partial charge in [0.25, 0.3) is 0 Å². The molecule has 0 unspecified atom stereocenters. The van der Waals surface area contributed by atoms with Crippen molar-refractivity contribution in [1.29, 1.82) is 5.41 Å². The lowest BCUT2D eigenvalue weighted by atomic mass is 10.3. The third-order valence-electron chi connectivity index (χ3n) is 1.51. The molecule has 1 aromatic heterocycles. The molecule has 0 aliphatic rings. The predicted octanol–water partition coefficient (Wildman–Crippen LogP) is 0.522. The van der Waals surface area contributed by atoms with Crippen LogP contribution in [-0.2, 0) is 0 Å². The summed E-state index contributed by atoms with van der Waals surface area (Å²) in [7, 11) is 1.45. The number of nitrogens with zero attached hydrogens (tertiary/aromatic N) is 1. The lowest BCUT2D eigenvalue weighted by molar-refractivity contribution is 0.148. The highest BCUT2D eigenvalue weighted by Crippen LogP contribution is 2.09. The summed E-state index contributed by atoms with van der Waals surface area (Å²) in [6.07, 6.45) is 1.37. The number of aromatic nitrogens is 1. The summed E-state index contributed by atoms with van der Waals surface area (Å²) in [4.78, 5) is 0. The van der Waals surface area contributed by atoms with E-state index in [0.29, 0.717) is 16.8 Å². The first kappa shape index (κ1) is 7.65. The Morgan fingerprint density at radius 2 is 2.27 bits per heavy atom. The maximum atomic E-state index is 9.12. The van der Waals surface area contributed by atoms with Crippen LogP contribution in [0.3, 0.4) is 0 Å². The highest BCUT2D eigenvalue weighted by molar-refractivity contribution is 5.23. The van der Waals surface area contributed by atoms with Gasteiger partial charge in [-0.05, 0) is 13.0 Å². The first-order chi connectivity index (χ1) is 5.16. The monoisotopic (exact) mass is 154 g/mol. The summed E-state index contributed by atoms with van der Waals surface area (Å²) in [5.41, 5.74) is 0.623. The van der Waals surface area contributed by atoms with Crippen LogP contribution in [0.25, 0.3) is 0 Å². The second-order valence-electron chi connectivity index (χ2n) is 2.21. The molecule has 0 saturated carbocycles. The molecule has 1 heterocycles. The average Bonchev–Trinajstić information content (AvgIpc) is 1.99. The lowest BCUT2D eigenvalue weighted by Crippen LogP contribution is -2.11. The van der Waals surface area contributed by atoms with E-state index in [1.165, 1.54) is 19.4 Å². The van der Waals surface area contributed by atoms with Crippen LogP contribution >= 0.6 is 0 Å². The van der Waals surface area contributed by atoms with E-state index in [9.17, 15) is 0 Å². The van der Waals surface area contributed by atoms with Crippen LogP contribution in [0.2, 0.25) is 0 Å². The third-order valence-corrected chi connectivity index (χ3v) is 1.51. The molecule has 0 spiro atoms. The van der Waals surface area contributed by atoms with Crippen LogP contribution in [0.4, 0.5) is 0 Å². The standard InChI is InChI=1S/C7H10N2O2/c1-5-6(8)3-4-9(10)7(5)11-2/h3-4,8,10H,1-2H3. The van der Waals surface area contributed by atoms with E-state index in [4.69, 9.17) is 15.4 Å². The summed E-state index contributed by atoms with van der Waals surface area (Å²) in [5.74, 6) is 0.303. The summed E-state index contributed by atoms with van der Waals surface area (Å²) in [5, 5.41) is 16.8. The van der Waals surface area contributed by atoms with Crippen LogP contribution < -0.4 is 10.1 Å². The highest BCUT2D eigenvalue weighted by Gasteiger charge is 2.02. The van der Waals surface area contributed by atoms with Crippen molar-refractivity contribution in [2.75, 3.05) is 7.11 Å². The Labute approximate surface area is 64.1 Å². The van der Waals surface area contributed by atoms with E-state index in [0.717, 1.165) is 4.73 Å². The topological polar surface area (TPSA) is 58.2 Å². The zero-order chi connectivity index (χ0) is 8.43. The normalized spacial score (nSPS) is 9.64. The van der Waals surface area contributed by atoms with E-state index in [2.05, 4.69) is 0 Å². The Bertz CT molecular complexity index is 317. The molecular weight excluding hydrogens is 144 g/mol. The predicted molar refractivity (Wildman–Crippen MR) is 38.8 cm³/mol. The van der Waals surface area contributed by atoms with Gasteiger partial charge in [0.2, 0.25) is 5.88 Å². The molecule has 0 fully saturated rings. The first-order valence-electron chi connectivity index (χ1n) is 3.17. The molecular formula is C7H10N2O2. The molecule has 1 rings (SSSR count). The summed E-state index contributed by atoms with van der Waals surface area (Å²) in [6.45, 7) is 1.72. The maximum Gasteiger partial charge on any atom is 0.231 e. The van der Waals surface area contributed by atoms with E-state index >= 15 is 0 Å². The number of ether oxygens (including phenoxy) is 1. The van der Waals surface area contributed by atoms with Crippen LogP contribution in [0.5, 0.6) is 5.88 Å². The Hall–Kier alpha value is -1.45. The molecule has 0 bridgehead atoms. The molecule has 4 nitrogen and oxygen atoms in total. The van der Waals surface area contributed by atoms with Crippen molar-refractivity contribution in [3.63, 3.8) is 0 Å². The van der Waals surface area contributed by atoms with Gasteiger partial charge in [0, 0.05) is 11.8 Å². The molecule has 0 amide bonds. The molecule has 1 aromatic rings. The number of hydrogen-bond donors (Lipinski definition) is 2. The summed E-state index contributed by atoms with van der Waals surface area (Å²) >= 11 is 0. The van der Waals surface area contributed by atoms with Gasteiger partial charge in [-0.25, -0.2) is 0 Å². The smallest absolute Gasteiger partial charge is 0.231 e. The molecule has 0 aromatic carbocycles. The van der Waals surface area contributed by atoms with Gasteiger partial charge in [0.1, 0.15) is 0 Å². The minimum Gasteiger partial charge on any atom is -0.480 e. The molecule has 11 heavy (non-hydrogen) atoms. The zero-order valence-corrected chi connectivity index (χ0v) is 6.46. The van der Waals surface area contributed by atoms with Gasteiger partial charge in [0.05, 0.1) is 12.5 Å². The zero-order valence-electron chi connectivity index (χ0n) is 6.46. The minimum absolute atomic E-state index is 0.303.